The van der Waals surface area contributed by atoms with Crippen LogP contribution in [0.1, 0.15) is 82.3 Å². The van der Waals surface area contributed by atoms with Gasteiger partial charge in [-0.05, 0) is 36.3 Å². The maximum atomic E-state index is 12.1. The van der Waals surface area contributed by atoms with Crippen molar-refractivity contribution < 1.29 is 4.79 Å². The van der Waals surface area contributed by atoms with E-state index in [0.29, 0.717) is 18.4 Å². The lowest BCUT2D eigenvalue weighted by molar-refractivity contribution is -0.121. The highest BCUT2D eigenvalue weighted by Crippen LogP contribution is 2.18. The first-order valence-electron chi connectivity index (χ1n) is 9.03. The van der Waals surface area contributed by atoms with Crippen LogP contribution in [0.3, 0.4) is 0 Å². The van der Waals surface area contributed by atoms with Crippen LogP contribution < -0.4 is 5.32 Å². The Hall–Kier alpha value is -1.31. The van der Waals surface area contributed by atoms with Crippen LogP contribution in [0.5, 0.6) is 0 Å². The molecule has 0 bridgehead atoms. The van der Waals surface area contributed by atoms with Crippen molar-refractivity contribution in [2.75, 3.05) is 0 Å². The van der Waals surface area contributed by atoms with Crippen molar-refractivity contribution in [3.05, 3.63) is 35.4 Å². The molecule has 1 aliphatic carbocycles. The molecule has 122 valence electrons. The van der Waals surface area contributed by atoms with E-state index < -0.39 is 0 Å². The average molecular weight is 301 g/mol. The molecule has 0 aromatic heterocycles. The Morgan fingerprint density at radius 1 is 1.05 bits per heavy atom. The third kappa shape index (κ3) is 5.82. The lowest BCUT2D eigenvalue weighted by atomic mass is 9.96. The number of hydrogen-bond donors (Lipinski definition) is 1. The summed E-state index contributed by atoms with van der Waals surface area (Å²) in [6.07, 6.45) is 10.3. The van der Waals surface area contributed by atoms with Crippen LogP contribution >= 0.6 is 0 Å². The van der Waals surface area contributed by atoms with Crippen LogP contribution in [0.15, 0.2) is 24.3 Å². The Balaban J connectivity index is 1.74. The summed E-state index contributed by atoms with van der Waals surface area (Å²) >= 11 is 0. The van der Waals surface area contributed by atoms with Crippen LogP contribution in [-0.4, -0.2) is 11.9 Å². The molecule has 2 nitrogen and oxygen atoms in total. The molecule has 0 heterocycles. The monoisotopic (exact) mass is 301 g/mol. The quantitative estimate of drug-likeness (QED) is 0.817. The minimum absolute atomic E-state index is 0.221. The summed E-state index contributed by atoms with van der Waals surface area (Å²) in [5.74, 6) is 0.787. The Kier molecular flexibility index (Phi) is 6.95. The van der Waals surface area contributed by atoms with Crippen molar-refractivity contribution in [2.45, 2.75) is 83.6 Å². The molecular weight excluding hydrogens is 270 g/mol. The summed E-state index contributed by atoms with van der Waals surface area (Å²) in [4.78, 5) is 12.1. The van der Waals surface area contributed by atoms with Crippen molar-refractivity contribution in [3.63, 3.8) is 0 Å². The van der Waals surface area contributed by atoms with Gasteiger partial charge in [0.2, 0.25) is 5.91 Å². The molecule has 22 heavy (non-hydrogen) atoms. The first kappa shape index (κ1) is 17.1. The standard InChI is InChI=1S/C20H31NO/c1-16(2)18-13-10-17(11-14-18)12-15-20(22)21-19-8-6-4-3-5-7-9-19/h10-11,13-14,16,19H,3-9,12,15H2,1-2H3,(H,21,22). The van der Waals surface area contributed by atoms with Gasteiger partial charge >= 0.3 is 0 Å². The molecule has 1 fully saturated rings. The van der Waals surface area contributed by atoms with E-state index in [1.165, 1.54) is 43.2 Å². The molecule has 0 radical (unpaired) electrons. The maximum Gasteiger partial charge on any atom is 0.220 e. The van der Waals surface area contributed by atoms with Crippen molar-refractivity contribution in [2.24, 2.45) is 0 Å². The lowest BCUT2D eigenvalue weighted by Crippen LogP contribution is -2.35. The first-order valence-corrected chi connectivity index (χ1v) is 9.03. The van der Waals surface area contributed by atoms with Gasteiger partial charge < -0.3 is 5.32 Å². The van der Waals surface area contributed by atoms with Crippen molar-refractivity contribution in [1.29, 1.82) is 0 Å². The molecule has 1 amide bonds. The number of aryl methyl sites for hydroxylation is 1. The number of amides is 1. The minimum Gasteiger partial charge on any atom is -0.353 e. The number of carbonyl (C=O) groups excluding carboxylic acids is 1. The van der Waals surface area contributed by atoms with E-state index in [4.69, 9.17) is 0 Å². The Morgan fingerprint density at radius 2 is 1.64 bits per heavy atom. The number of nitrogens with one attached hydrogen (secondary N) is 1. The molecule has 0 spiro atoms. The van der Waals surface area contributed by atoms with Crippen LogP contribution in [0.2, 0.25) is 0 Å². The van der Waals surface area contributed by atoms with E-state index in [1.807, 2.05) is 0 Å². The number of benzene rings is 1. The van der Waals surface area contributed by atoms with E-state index in [1.54, 1.807) is 0 Å². The molecule has 0 atom stereocenters. The zero-order chi connectivity index (χ0) is 15.8. The van der Waals surface area contributed by atoms with Gasteiger partial charge in [0.25, 0.3) is 0 Å². The second-order valence-corrected chi connectivity index (χ2v) is 7.01. The zero-order valence-corrected chi connectivity index (χ0v) is 14.2. The Bertz CT molecular complexity index is 441. The lowest BCUT2D eigenvalue weighted by Gasteiger charge is -2.21. The van der Waals surface area contributed by atoms with Crippen LogP contribution in [0, 0.1) is 0 Å². The van der Waals surface area contributed by atoms with E-state index in [0.717, 1.165) is 19.3 Å². The molecule has 1 N–H and O–H groups in total. The minimum atomic E-state index is 0.221. The van der Waals surface area contributed by atoms with Crippen molar-refractivity contribution >= 4 is 5.91 Å². The normalized spacial score (nSPS) is 17.0. The summed E-state index contributed by atoms with van der Waals surface area (Å²) in [5.41, 5.74) is 2.62. The van der Waals surface area contributed by atoms with Gasteiger partial charge in [0, 0.05) is 12.5 Å². The van der Waals surface area contributed by atoms with Crippen LogP contribution in [-0.2, 0) is 11.2 Å². The summed E-state index contributed by atoms with van der Waals surface area (Å²) in [7, 11) is 0. The fraction of sp³-hybridized carbons (Fsp3) is 0.650. The molecular formula is C20H31NO. The molecule has 0 unspecified atom stereocenters. The van der Waals surface area contributed by atoms with Crippen molar-refractivity contribution in [3.8, 4) is 0 Å². The smallest absolute Gasteiger partial charge is 0.220 e. The van der Waals surface area contributed by atoms with Gasteiger partial charge in [-0.1, -0.05) is 70.2 Å². The van der Waals surface area contributed by atoms with Gasteiger partial charge in [0.05, 0.1) is 0 Å². The summed E-state index contributed by atoms with van der Waals surface area (Å²) in [5, 5.41) is 3.25. The van der Waals surface area contributed by atoms with E-state index in [-0.39, 0.29) is 5.91 Å². The zero-order valence-electron chi connectivity index (χ0n) is 14.2. The molecule has 1 aromatic rings. The number of hydrogen-bond acceptors (Lipinski definition) is 1. The van der Waals surface area contributed by atoms with E-state index in [2.05, 4.69) is 43.4 Å². The number of rotatable bonds is 5. The van der Waals surface area contributed by atoms with Gasteiger partial charge in [0.1, 0.15) is 0 Å². The van der Waals surface area contributed by atoms with Gasteiger partial charge in [0.15, 0.2) is 0 Å². The highest BCUT2D eigenvalue weighted by molar-refractivity contribution is 5.76. The summed E-state index contributed by atoms with van der Waals surface area (Å²) < 4.78 is 0. The SMILES string of the molecule is CC(C)c1ccc(CCC(=O)NC2CCCCCCC2)cc1. The Morgan fingerprint density at radius 3 is 2.23 bits per heavy atom. The second-order valence-electron chi connectivity index (χ2n) is 7.01. The van der Waals surface area contributed by atoms with Gasteiger partial charge in [-0.3, -0.25) is 4.79 Å². The highest BCUT2D eigenvalue weighted by atomic mass is 16.1. The molecule has 2 rings (SSSR count). The highest BCUT2D eigenvalue weighted by Gasteiger charge is 2.13. The van der Waals surface area contributed by atoms with Gasteiger partial charge in [-0.25, -0.2) is 0 Å². The number of carbonyl (C=O) groups is 1. The molecule has 1 saturated carbocycles. The predicted molar refractivity (Wildman–Crippen MR) is 93.1 cm³/mol. The van der Waals surface area contributed by atoms with E-state index >= 15 is 0 Å². The van der Waals surface area contributed by atoms with Gasteiger partial charge in [-0.15, -0.1) is 0 Å². The first-order chi connectivity index (χ1) is 10.6. The second kappa shape index (κ2) is 8.97. The van der Waals surface area contributed by atoms with E-state index in [9.17, 15) is 4.79 Å². The fourth-order valence-electron chi connectivity index (χ4n) is 3.23. The van der Waals surface area contributed by atoms with Crippen LogP contribution in [0.25, 0.3) is 0 Å². The average Bonchev–Trinajstić information content (AvgIpc) is 2.48. The third-order valence-electron chi connectivity index (χ3n) is 4.76. The predicted octanol–water partition coefficient (Wildman–Crippen LogP) is 4.97. The topological polar surface area (TPSA) is 29.1 Å². The fourth-order valence-corrected chi connectivity index (χ4v) is 3.23. The molecule has 0 saturated heterocycles. The molecule has 1 aromatic carbocycles. The molecule has 1 aliphatic rings. The molecule has 2 heteroatoms. The summed E-state index contributed by atoms with van der Waals surface area (Å²) in [6, 6.07) is 9.12. The van der Waals surface area contributed by atoms with Crippen LogP contribution in [0.4, 0.5) is 0 Å². The molecule has 0 aliphatic heterocycles. The summed E-state index contributed by atoms with van der Waals surface area (Å²) in [6.45, 7) is 4.41. The Labute approximate surface area is 135 Å². The van der Waals surface area contributed by atoms with Crippen molar-refractivity contribution in [1.82, 2.24) is 5.32 Å². The maximum absolute atomic E-state index is 12.1. The van der Waals surface area contributed by atoms with Gasteiger partial charge in [-0.2, -0.15) is 0 Å². The third-order valence-corrected chi connectivity index (χ3v) is 4.76. The largest absolute Gasteiger partial charge is 0.353 e.